The van der Waals surface area contributed by atoms with Crippen LogP contribution in [-0.2, 0) is 14.3 Å². The maximum absolute atomic E-state index is 11.9. The maximum Gasteiger partial charge on any atom is 0.308 e. The summed E-state index contributed by atoms with van der Waals surface area (Å²) in [6.45, 7) is 4.84. The highest BCUT2D eigenvalue weighted by molar-refractivity contribution is 5.78. The van der Waals surface area contributed by atoms with E-state index in [2.05, 4.69) is 0 Å². The van der Waals surface area contributed by atoms with Crippen LogP contribution in [0.1, 0.15) is 33.1 Å². The predicted octanol–water partition coefficient (Wildman–Crippen LogP) is 1.12. The Kier molecular flexibility index (Phi) is 5.41. The molecule has 0 radical (unpaired) electrons. The molecule has 1 unspecified atom stereocenters. The van der Waals surface area contributed by atoms with Crippen molar-refractivity contribution >= 4 is 11.9 Å². The maximum atomic E-state index is 11.9. The van der Waals surface area contributed by atoms with Crippen molar-refractivity contribution in [2.45, 2.75) is 39.2 Å². The van der Waals surface area contributed by atoms with E-state index in [1.54, 1.807) is 11.8 Å². The first kappa shape index (κ1) is 14.0. The molecule has 1 fully saturated rings. The quantitative estimate of drug-likeness (QED) is 0.649. The summed E-state index contributed by atoms with van der Waals surface area (Å²) in [5.74, 6) is -1.35. The van der Waals surface area contributed by atoms with Crippen LogP contribution in [-0.4, -0.2) is 47.7 Å². The van der Waals surface area contributed by atoms with Crippen molar-refractivity contribution in [3.8, 4) is 0 Å². The Bertz CT molecular complexity index is 276. The van der Waals surface area contributed by atoms with E-state index in [1.165, 1.54) is 0 Å². The average Bonchev–Trinajstić information content (AvgIpc) is 3.09. The molecule has 5 nitrogen and oxygen atoms in total. The van der Waals surface area contributed by atoms with Gasteiger partial charge in [0.25, 0.3) is 0 Å². The fourth-order valence-corrected chi connectivity index (χ4v) is 1.66. The molecule has 1 aliphatic carbocycles. The number of carbonyl (C=O) groups excluding carboxylic acids is 1. The monoisotopic (exact) mass is 243 g/mol. The number of hydrogen-bond donors (Lipinski definition) is 1. The Balaban J connectivity index is 2.42. The van der Waals surface area contributed by atoms with Gasteiger partial charge in [-0.25, -0.2) is 0 Å². The van der Waals surface area contributed by atoms with Gasteiger partial charge in [0.05, 0.1) is 18.9 Å². The van der Waals surface area contributed by atoms with Gasteiger partial charge in [0.1, 0.15) is 0 Å². The molecule has 1 atom stereocenters. The Hall–Kier alpha value is -1.10. The lowest BCUT2D eigenvalue weighted by Crippen LogP contribution is -2.39. The molecule has 0 heterocycles. The van der Waals surface area contributed by atoms with E-state index in [0.29, 0.717) is 26.2 Å². The molecule has 0 spiro atoms. The van der Waals surface area contributed by atoms with Crippen LogP contribution in [0, 0.1) is 5.92 Å². The molecular formula is C12H21NO4. The highest BCUT2D eigenvalue weighted by atomic mass is 16.5. The fourth-order valence-electron chi connectivity index (χ4n) is 1.66. The third-order valence-corrected chi connectivity index (χ3v) is 2.86. The van der Waals surface area contributed by atoms with Crippen LogP contribution in [0.15, 0.2) is 0 Å². The number of carboxylic acid groups (broad SMARTS) is 1. The molecule has 1 N–H and O–H groups in total. The van der Waals surface area contributed by atoms with Crippen LogP contribution >= 0.6 is 0 Å². The molecule has 1 aliphatic rings. The van der Waals surface area contributed by atoms with Crippen LogP contribution in [0.5, 0.6) is 0 Å². The summed E-state index contributed by atoms with van der Waals surface area (Å²) in [6, 6.07) is 0.255. The molecule has 1 amide bonds. The summed E-state index contributed by atoms with van der Waals surface area (Å²) in [6.07, 6.45) is 2.33. The second kappa shape index (κ2) is 6.59. The molecule has 0 aromatic heterocycles. The van der Waals surface area contributed by atoms with E-state index in [1.807, 2.05) is 6.92 Å². The van der Waals surface area contributed by atoms with Crippen molar-refractivity contribution in [3.05, 3.63) is 0 Å². The number of amides is 1. The van der Waals surface area contributed by atoms with E-state index in [-0.39, 0.29) is 11.9 Å². The number of ether oxygens (including phenoxy) is 1. The first-order valence-corrected chi connectivity index (χ1v) is 6.16. The molecule has 98 valence electrons. The van der Waals surface area contributed by atoms with Gasteiger partial charge in [-0.05, 0) is 19.8 Å². The zero-order chi connectivity index (χ0) is 12.8. The van der Waals surface area contributed by atoms with E-state index in [0.717, 1.165) is 12.8 Å². The molecule has 5 heteroatoms. The van der Waals surface area contributed by atoms with E-state index in [4.69, 9.17) is 9.84 Å². The molecule has 0 bridgehead atoms. The number of carbonyl (C=O) groups is 2. The lowest BCUT2D eigenvalue weighted by molar-refractivity contribution is -0.143. The topological polar surface area (TPSA) is 66.8 Å². The largest absolute Gasteiger partial charge is 0.481 e. The second-order valence-corrected chi connectivity index (χ2v) is 4.46. The first-order valence-electron chi connectivity index (χ1n) is 6.16. The van der Waals surface area contributed by atoms with Crippen molar-refractivity contribution in [1.29, 1.82) is 0 Å². The highest BCUT2D eigenvalue weighted by Crippen LogP contribution is 2.28. The molecule has 1 saturated carbocycles. The molecule has 0 aromatic carbocycles. The van der Waals surface area contributed by atoms with Gasteiger partial charge in [-0.3, -0.25) is 9.59 Å². The fraction of sp³-hybridized carbons (Fsp3) is 0.833. The smallest absolute Gasteiger partial charge is 0.308 e. The Morgan fingerprint density at radius 1 is 1.47 bits per heavy atom. The van der Waals surface area contributed by atoms with Gasteiger partial charge < -0.3 is 14.7 Å². The van der Waals surface area contributed by atoms with Crippen LogP contribution < -0.4 is 0 Å². The van der Waals surface area contributed by atoms with Crippen molar-refractivity contribution < 1.29 is 19.4 Å². The zero-order valence-corrected chi connectivity index (χ0v) is 10.5. The standard InChI is InChI=1S/C12H21NO4/c1-3-17-7-6-11(14)13(10-4-5-10)8-9(2)12(15)16/h9-10H,3-8H2,1-2H3,(H,15,16). The SMILES string of the molecule is CCOCCC(=O)N(CC(C)C(=O)O)C1CC1. The third kappa shape index (κ3) is 4.73. The average molecular weight is 243 g/mol. The van der Waals surface area contributed by atoms with Crippen LogP contribution in [0.4, 0.5) is 0 Å². The third-order valence-electron chi connectivity index (χ3n) is 2.86. The molecule has 0 aromatic rings. The summed E-state index contributed by atoms with van der Waals surface area (Å²) in [5, 5.41) is 8.87. The van der Waals surface area contributed by atoms with E-state index in [9.17, 15) is 9.59 Å². The van der Waals surface area contributed by atoms with Crippen molar-refractivity contribution in [2.75, 3.05) is 19.8 Å². The Morgan fingerprint density at radius 3 is 2.59 bits per heavy atom. The minimum absolute atomic E-state index is 0.00838. The van der Waals surface area contributed by atoms with Gasteiger partial charge in [-0.15, -0.1) is 0 Å². The first-order chi connectivity index (χ1) is 8.06. The van der Waals surface area contributed by atoms with Gasteiger partial charge in [0.2, 0.25) is 5.91 Å². The zero-order valence-electron chi connectivity index (χ0n) is 10.5. The van der Waals surface area contributed by atoms with E-state index >= 15 is 0 Å². The van der Waals surface area contributed by atoms with Crippen LogP contribution in [0.25, 0.3) is 0 Å². The summed E-state index contributed by atoms with van der Waals surface area (Å²) in [5.41, 5.74) is 0. The lowest BCUT2D eigenvalue weighted by atomic mass is 10.1. The number of hydrogen-bond acceptors (Lipinski definition) is 3. The van der Waals surface area contributed by atoms with Gasteiger partial charge in [-0.2, -0.15) is 0 Å². The predicted molar refractivity (Wildman–Crippen MR) is 62.6 cm³/mol. The van der Waals surface area contributed by atoms with Crippen molar-refractivity contribution in [2.24, 2.45) is 5.92 Å². The lowest BCUT2D eigenvalue weighted by Gasteiger charge is -2.24. The number of aliphatic carboxylic acids is 1. The van der Waals surface area contributed by atoms with Gasteiger partial charge >= 0.3 is 5.97 Å². The minimum atomic E-state index is -0.853. The molecule has 17 heavy (non-hydrogen) atoms. The molecule has 1 rings (SSSR count). The van der Waals surface area contributed by atoms with E-state index < -0.39 is 11.9 Å². The number of carboxylic acids is 1. The number of rotatable bonds is 8. The van der Waals surface area contributed by atoms with Gasteiger partial charge in [0.15, 0.2) is 0 Å². The van der Waals surface area contributed by atoms with Crippen LogP contribution in [0.2, 0.25) is 0 Å². The number of nitrogens with zero attached hydrogens (tertiary/aromatic N) is 1. The summed E-state index contributed by atoms with van der Waals surface area (Å²) >= 11 is 0. The summed E-state index contributed by atoms with van der Waals surface area (Å²) in [4.78, 5) is 24.4. The normalized spacial score (nSPS) is 16.6. The Labute approximate surface area is 102 Å². The summed E-state index contributed by atoms with van der Waals surface area (Å²) in [7, 11) is 0. The van der Waals surface area contributed by atoms with Crippen molar-refractivity contribution in [1.82, 2.24) is 4.90 Å². The molecule has 0 saturated heterocycles. The highest BCUT2D eigenvalue weighted by Gasteiger charge is 2.33. The molecule has 0 aliphatic heterocycles. The Morgan fingerprint density at radius 2 is 2.12 bits per heavy atom. The van der Waals surface area contributed by atoms with Crippen molar-refractivity contribution in [3.63, 3.8) is 0 Å². The molecular weight excluding hydrogens is 222 g/mol. The van der Waals surface area contributed by atoms with Gasteiger partial charge in [0, 0.05) is 19.2 Å². The minimum Gasteiger partial charge on any atom is -0.481 e. The van der Waals surface area contributed by atoms with Gasteiger partial charge in [-0.1, -0.05) is 6.92 Å². The second-order valence-electron chi connectivity index (χ2n) is 4.46. The van der Waals surface area contributed by atoms with Crippen LogP contribution in [0.3, 0.4) is 0 Å². The summed E-state index contributed by atoms with van der Waals surface area (Å²) < 4.78 is 5.14.